The van der Waals surface area contributed by atoms with Crippen molar-refractivity contribution in [2.75, 3.05) is 25.6 Å². The summed E-state index contributed by atoms with van der Waals surface area (Å²) in [5, 5.41) is 9.30. The lowest BCUT2D eigenvalue weighted by molar-refractivity contribution is 0.0671. The Labute approximate surface area is 127 Å². The molecule has 0 aromatic carbocycles. The summed E-state index contributed by atoms with van der Waals surface area (Å²) in [6.07, 6.45) is 5.43. The highest BCUT2D eigenvalue weighted by Gasteiger charge is 2.22. The van der Waals surface area contributed by atoms with Crippen LogP contribution in [0.4, 0.5) is 5.69 Å². The molecule has 1 aromatic rings. The third kappa shape index (κ3) is 3.30. The number of ether oxygens (including phenoxy) is 2. The molecular formula is C15H20N2O5. The summed E-state index contributed by atoms with van der Waals surface area (Å²) in [6, 6.07) is -0.0841. The van der Waals surface area contributed by atoms with Crippen molar-refractivity contribution in [3.8, 4) is 0 Å². The second-order valence-corrected chi connectivity index (χ2v) is 4.99. The van der Waals surface area contributed by atoms with Crippen LogP contribution < -0.4 is 11.3 Å². The van der Waals surface area contributed by atoms with Gasteiger partial charge in [0.25, 0.3) is 5.56 Å². The van der Waals surface area contributed by atoms with Crippen LogP contribution in [-0.4, -0.2) is 35.5 Å². The molecule has 2 rings (SSSR count). The largest absolute Gasteiger partial charge is 0.501 e. The maximum Gasteiger partial charge on any atom is 0.339 e. The number of hydrogen-bond donors (Lipinski definition) is 2. The van der Waals surface area contributed by atoms with Crippen LogP contribution in [0.15, 0.2) is 17.3 Å². The van der Waals surface area contributed by atoms with Crippen molar-refractivity contribution in [3.05, 3.63) is 33.9 Å². The van der Waals surface area contributed by atoms with Gasteiger partial charge in [-0.05, 0) is 25.8 Å². The zero-order chi connectivity index (χ0) is 16.1. The van der Waals surface area contributed by atoms with E-state index in [9.17, 15) is 14.7 Å². The Morgan fingerprint density at radius 2 is 2.23 bits per heavy atom. The molecule has 1 aliphatic rings. The van der Waals surface area contributed by atoms with E-state index in [0.717, 1.165) is 0 Å². The van der Waals surface area contributed by atoms with Crippen LogP contribution in [0.2, 0.25) is 0 Å². The van der Waals surface area contributed by atoms with Crippen LogP contribution in [0, 0.1) is 0 Å². The van der Waals surface area contributed by atoms with E-state index in [2.05, 4.69) is 0 Å². The molecule has 120 valence electrons. The molecule has 1 aromatic heterocycles. The van der Waals surface area contributed by atoms with Gasteiger partial charge in [0, 0.05) is 25.5 Å². The van der Waals surface area contributed by atoms with Crippen LogP contribution in [0.3, 0.4) is 0 Å². The number of nitrogens with zero attached hydrogens (tertiary/aromatic N) is 1. The van der Waals surface area contributed by atoms with E-state index in [4.69, 9.17) is 15.2 Å². The number of aromatic nitrogens is 1. The summed E-state index contributed by atoms with van der Waals surface area (Å²) in [4.78, 5) is 24.0. The monoisotopic (exact) mass is 308 g/mol. The molecule has 3 N–H and O–H groups in total. The predicted octanol–water partition coefficient (Wildman–Crippen LogP) is 1.49. The number of pyridine rings is 1. The summed E-state index contributed by atoms with van der Waals surface area (Å²) in [5.74, 6) is -1.16. The molecule has 0 aliphatic carbocycles. The molecule has 0 spiro atoms. The molecule has 0 saturated carbocycles. The Hall–Kier alpha value is -2.28. The highest BCUT2D eigenvalue weighted by Crippen LogP contribution is 2.23. The summed E-state index contributed by atoms with van der Waals surface area (Å²) >= 11 is 0. The fourth-order valence-corrected chi connectivity index (χ4v) is 2.45. The lowest BCUT2D eigenvalue weighted by atomic mass is 10.1. The highest BCUT2D eigenvalue weighted by atomic mass is 16.5. The second-order valence-electron chi connectivity index (χ2n) is 4.99. The van der Waals surface area contributed by atoms with E-state index in [1.807, 2.05) is 6.92 Å². The topological polar surface area (TPSA) is 104 Å². The summed E-state index contributed by atoms with van der Waals surface area (Å²) in [6.45, 7) is 3.35. The molecule has 0 amide bonds. The fourth-order valence-electron chi connectivity index (χ4n) is 2.45. The van der Waals surface area contributed by atoms with Crippen LogP contribution >= 0.6 is 0 Å². The van der Waals surface area contributed by atoms with Gasteiger partial charge >= 0.3 is 5.97 Å². The van der Waals surface area contributed by atoms with Gasteiger partial charge in [0.15, 0.2) is 0 Å². The molecular weight excluding hydrogens is 288 g/mol. The number of nitrogens with two attached hydrogens (primary N) is 1. The Morgan fingerprint density at radius 1 is 1.55 bits per heavy atom. The summed E-state index contributed by atoms with van der Waals surface area (Å²) < 4.78 is 11.8. The van der Waals surface area contributed by atoms with Crippen molar-refractivity contribution in [1.29, 1.82) is 0 Å². The van der Waals surface area contributed by atoms with Crippen molar-refractivity contribution < 1.29 is 19.4 Å². The van der Waals surface area contributed by atoms with E-state index in [-0.39, 0.29) is 28.4 Å². The van der Waals surface area contributed by atoms with Gasteiger partial charge in [-0.3, -0.25) is 4.79 Å². The average molecular weight is 308 g/mol. The van der Waals surface area contributed by atoms with Crippen molar-refractivity contribution in [2.45, 2.75) is 25.8 Å². The Kier molecular flexibility index (Phi) is 5.21. The molecule has 7 heteroatoms. The number of carbonyl (C=O) groups is 1. The number of carboxylic acid groups (broad SMARTS) is 1. The van der Waals surface area contributed by atoms with E-state index in [1.165, 1.54) is 23.1 Å². The third-order valence-electron chi connectivity index (χ3n) is 3.63. The summed E-state index contributed by atoms with van der Waals surface area (Å²) in [7, 11) is 0. The van der Waals surface area contributed by atoms with Gasteiger partial charge in [0.2, 0.25) is 0 Å². The minimum atomic E-state index is -1.16. The number of aromatic carboxylic acids is 1. The molecule has 2 heterocycles. The van der Waals surface area contributed by atoms with Gasteiger partial charge in [0.05, 0.1) is 29.7 Å². The molecule has 1 aliphatic heterocycles. The number of anilines is 1. The molecule has 7 nitrogen and oxygen atoms in total. The van der Waals surface area contributed by atoms with Crippen LogP contribution in [0.5, 0.6) is 0 Å². The van der Waals surface area contributed by atoms with Crippen LogP contribution in [0.1, 0.15) is 41.7 Å². The van der Waals surface area contributed by atoms with Crippen molar-refractivity contribution in [1.82, 2.24) is 4.57 Å². The summed E-state index contributed by atoms with van der Waals surface area (Å²) in [5.41, 5.74) is 5.54. The first-order valence-corrected chi connectivity index (χ1v) is 7.20. The molecule has 22 heavy (non-hydrogen) atoms. The van der Waals surface area contributed by atoms with Crippen molar-refractivity contribution in [2.24, 2.45) is 0 Å². The first kappa shape index (κ1) is 16.1. The van der Waals surface area contributed by atoms with E-state index in [0.29, 0.717) is 32.7 Å². The SMILES string of the molecule is CCO/C=C/c1c(N)c(C(=O)O)cn(C2CCOCC2)c1=O. The van der Waals surface area contributed by atoms with Gasteiger partial charge in [-0.15, -0.1) is 0 Å². The maximum atomic E-state index is 12.6. The normalized spacial score (nSPS) is 16.0. The lowest BCUT2D eigenvalue weighted by Gasteiger charge is -2.25. The molecule has 1 saturated heterocycles. The van der Waals surface area contributed by atoms with E-state index < -0.39 is 5.97 Å². The number of nitrogen functional groups attached to an aromatic ring is 1. The smallest absolute Gasteiger partial charge is 0.339 e. The molecule has 0 bridgehead atoms. The number of carboxylic acids is 1. The highest BCUT2D eigenvalue weighted by molar-refractivity contribution is 5.95. The maximum absolute atomic E-state index is 12.6. The average Bonchev–Trinajstić information content (AvgIpc) is 2.51. The van der Waals surface area contributed by atoms with E-state index in [1.54, 1.807) is 0 Å². The van der Waals surface area contributed by atoms with Gasteiger partial charge in [-0.1, -0.05) is 0 Å². The van der Waals surface area contributed by atoms with Crippen molar-refractivity contribution >= 4 is 17.7 Å². The zero-order valence-electron chi connectivity index (χ0n) is 12.4. The molecule has 1 fully saturated rings. The van der Waals surface area contributed by atoms with Gasteiger partial charge in [-0.2, -0.15) is 0 Å². The van der Waals surface area contributed by atoms with Crippen LogP contribution in [-0.2, 0) is 9.47 Å². The van der Waals surface area contributed by atoms with Crippen molar-refractivity contribution in [3.63, 3.8) is 0 Å². The Bertz CT molecular complexity index is 630. The van der Waals surface area contributed by atoms with Gasteiger partial charge in [0.1, 0.15) is 0 Å². The van der Waals surface area contributed by atoms with E-state index >= 15 is 0 Å². The van der Waals surface area contributed by atoms with Gasteiger partial charge in [-0.25, -0.2) is 4.79 Å². The van der Waals surface area contributed by atoms with Gasteiger partial charge < -0.3 is 24.9 Å². The fraction of sp³-hybridized carbons (Fsp3) is 0.467. The Balaban J connectivity index is 2.53. The molecule has 0 atom stereocenters. The molecule has 0 radical (unpaired) electrons. The number of hydrogen-bond acceptors (Lipinski definition) is 5. The third-order valence-corrected chi connectivity index (χ3v) is 3.63. The standard InChI is InChI=1S/C15H20N2O5/c1-2-21-8-5-11-13(16)12(15(19)20)9-17(14(11)18)10-3-6-22-7-4-10/h5,8-10H,2-4,6-7,16H2,1H3,(H,19,20)/b8-5+. The molecule has 0 unspecified atom stereocenters. The number of rotatable bonds is 5. The first-order valence-electron chi connectivity index (χ1n) is 7.20. The van der Waals surface area contributed by atoms with Crippen LogP contribution in [0.25, 0.3) is 6.08 Å². The quantitative estimate of drug-likeness (QED) is 0.799. The second kappa shape index (κ2) is 7.13. The Morgan fingerprint density at radius 3 is 2.82 bits per heavy atom. The minimum absolute atomic E-state index is 0.0447. The predicted molar refractivity (Wildman–Crippen MR) is 81.8 cm³/mol. The lowest BCUT2D eigenvalue weighted by Crippen LogP contribution is -2.32. The first-order chi connectivity index (χ1) is 10.6. The zero-order valence-corrected chi connectivity index (χ0v) is 12.4. The minimum Gasteiger partial charge on any atom is -0.501 e.